The zero-order chi connectivity index (χ0) is 19.6. The largest absolute Gasteiger partial charge is 0.420 e. The summed E-state index contributed by atoms with van der Waals surface area (Å²) in [4.78, 5) is 0.151. The highest BCUT2D eigenvalue weighted by Gasteiger charge is 2.22. The van der Waals surface area contributed by atoms with Gasteiger partial charge >= 0.3 is 0 Å². The van der Waals surface area contributed by atoms with Crippen molar-refractivity contribution in [3.05, 3.63) is 59.4 Å². The van der Waals surface area contributed by atoms with Gasteiger partial charge in [0.1, 0.15) is 0 Å². The molecule has 1 aromatic heterocycles. The Labute approximate surface area is 169 Å². The first-order chi connectivity index (χ1) is 13.5. The molecule has 1 aliphatic carbocycles. The van der Waals surface area contributed by atoms with Crippen LogP contribution in [0.3, 0.4) is 0 Å². The summed E-state index contributed by atoms with van der Waals surface area (Å²) < 4.78 is 33.5. The highest BCUT2D eigenvalue weighted by Crippen LogP contribution is 2.33. The van der Waals surface area contributed by atoms with Crippen molar-refractivity contribution in [3.8, 4) is 11.5 Å². The summed E-state index contributed by atoms with van der Waals surface area (Å²) in [5.74, 6) is 1.42. The summed E-state index contributed by atoms with van der Waals surface area (Å²) in [6.07, 6.45) is 5.80. The van der Waals surface area contributed by atoms with Crippen LogP contribution in [0.4, 0.5) is 5.69 Å². The predicted molar refractivity (Wildman–Crippen MR) is 108 cm³/mol. The molecule has 2 aromatic carbocycles. The second kappa shape index (κ2) is 7.93. The molecule has 1 fully saturated rings. The summed E-state index contributed by atoms with van der Waals surface area (Å²) >= 11 is 5.83. The van der Waals surface area contributed by atoms with Crippen LogP contribution >= 0.6 is 11.6 Å². The van der Waals surface area contributed by atoms with Crippen molar-refractivity contribution in [3.63, 3.8) is 0 Å². The minimum Gasteiger partial charge on any atom is -0.420 e. The van der Waals surface area contributed by atoms with E-state index in [0.29, 0.717) is 34.0 Å². The normalized spacial score (nSPS) is 15.5. The Morgan fingerprint density at radius 1 is 0.929 bits per heavy atom. The van der Waals surface area contributed by atoms with E-state index in [9.17, 15) is 8.42 Å². The monoisotopic (exact) mass is 417 g/mol. The second-order valence-corrected chi connectivity index (χ2v) is 9.04. The van der Waals surface area contributed by atoms with E-state index in [1.54, 1.807) is 36.4 Å². The fraction of sp³-hybridized carbons (Fsp3) is 0.300. The molecular weight excluding hydrogens is 398 g/mol. The van der Waals surface area contributed by atoms with Crippen LogP contribution < -0.4 is 4.72 Å². The van der Waals surface area contributed by atoms with Gasteiger partial charge in [-0.3, -0.25) is 4.72 Å². The number of benzene rings is 2. The summed E-state index contributed by atoms with van der Waals surface area (Å²) in [7, 11) is -3.70. The maximum absolute atomic E-state index is 12.5. The number of sulfonamides is 1. The lowest BCUT2D eigenvalue weighted by atomic mass is 9.89. The quantitative estimate of drug-likeness (QED) is 0.613. The third-order valence-electron chi connectivity index (χ3n) is 4.90. The molecule has 0 atom stereocenters. The van der Waals surface area contributed by atoms with Gasteiger partial charge in [0, 0.05) is 22.2 Å². The van der Waals surface area contributed by atoms with Crippen LogP contribution in [-0.4, -0.2) is 18.6 Å². The maximum Gasteiger partial charge on any atom is 0.261 e. The highest BCUT2D eigenvalue weighted by atomic mass is 35.5. The van der Waals surface area contributed by atoms with Crippen LogP contribution in [0.15, 0.2) is 57.8 Å². The van der Waals surface area contributed by atoms with Crippen molar-refractivity contribution in [1.82, 2.24) is 10.2 Å². The van der Waals surface area contributed by atoms with Gasteiger partial charge in [-0.25, -0.2) is 8.42 Å². The van der Waals surface area contributed by atoms with Crippen LogP contribution in [0.5, 0.6) is 0 Å². The van der Waals surface area contributed by atoms with Crippen molar-refractivity contribution >= 4 is 27.3 Å². The fourth-order valence-electron chi connectivity index (χ4n) is 3.37. The zero-order valence-electron chi connectivity index (χ0n) is 15.1. The van der Waals surface area contributed by atoms with Gasteiger partial charge in [0.2, 0.25) is 11.8 Å². The number of rotatable bonds is 5. The number of halogens is 1. The van der Waals surface area contributed by atoms with Crippen molar-refractivity contribution < 1.29 is 12.8 Å². The topological polar surface area (TPSA) is 85.1 Å². The lowest BCUT2D eigenvalue weighted by Crippen LogP contribution is -2.12. The van der Waals surface area contributed by atoms with Crippen LogP contribution in [0.25, 0.3) is 11.5 Å². The Morgan fingerprint density at radius 2 is 1.61 bits per heavy atom. The molecule has 3 aromatic rings. The van der Waals surface area contributed by atoms with Gasteiger partial charge in [-0.05, 0) is 61.4 Å². The van der Waals surface area contributed by atoms with Crippen molar-refractivity contribution in [2.75, 3.05) is 4.72 Å². The summed E-state index contributed by atoms with van der Waals surface area (Å²) in [5.41, 5.74) is 1.14. The molecule has 0 saturated heterocycles. The van der Waals surface area contributed by atoms with E-state index >= 15 is 0 Å². The predicted octanol–water partition coefficient (Wildman–Crippen LogP) is 5.24. The van der Waals surface area contributed by atoms with E-state index < -0.39 is 10.0 Å². The molecule has 4 rings (SSSR count). The molecule has 8 heteroatoms. The Morgan fingerprint density at radius 3 is 2.29 bits per heavy atom. The van der Waals surface area contributed by atoms with E-state index in [4.69, 9.17) is 16.0 Å². The van der Waals surface area contributed by atoms with Crippen molar-refractivity contribution in [1.29, 1.82) is 0 Å². The lowest BCUT2D eigenvalue weighted by Gasteiger charge is -2.17. The number of anilines is 1. The highest BCUT2D eigenvalue weighted by molar-refractivity contribution is 7.92. The summed E-state index contributed by atoms with van der Waals surface area (Å²) in [5, 5.41) is 8.87. The number of hydrogen-bond acceptors (Lipinski definition) is 5. The van der Waals surface area contributed by atoms with E-state index in [2.05, 4.69) is 14.9 Å². The minimum absolute atomic E-state index is 0.151. The molecule has 1 heterocycles. The molecule has 1 N–H and O–H groups in total. The number of hydrogen-bond donors (Lipinski definition) is 1. The van der Waals surface area contributed by atoms with Gasteiger partial charge in [0.25, 0.3) is 10.0 Å². The van der Waals surface area contributed by atoms with Gasteiger partial charge in [0.15, 0.2) is 0 Å². The Hall–Kier alpha value is -2.38. The van der Waals surface area contributed by atoms with Crippen LogP contribution in [-0.2, 0) is 10.0 Å². The molecule has 0 spiro atoms. The molecule has 1 saturated carbocycles. The van der Waals surface area contributed by atoms with Crippen LogP contribution in [0, 0.1) is 0 Å². The molecule has 0 amide bonds. The van der Waals surface area contributed by atoms with E-state index in [1.165, 1.54) is 31.4 Å². The smallest absolute Gasteiger partial charge is 0.261 e. The summed E-state index contributed by atoms with van der Waals surface area (Å²) in [6.45, 7) is 0. The fourth-order valence-corrected chi connectivity index (χ4v) is 4.56. The van der Waals surface area contributed by atoms with Gasteiger partial charge in [-0.15, -0.1) is 10.2 Å². The van der Waals surface area contributed by atoms with E-state index in [-0.39, 0.29) is 4.90 Å². The molecule has 6 nitrogen and oxygen atoms in total. The zero-order valence-corrected chi connectivity index (χ0v) is 16.7. The van der Waals surface area contributed by atoms with E-state index in [1.807, 2.05) is 0 Å². The van der Waals surface area contributed by atoms with Gasteiger partial charge in [0.05, 0.1) is 4.90 Å². The van der Waals surface area contributed by atoms with Gasteiger partial charge in [-0.1, -0.05) is 30.9 Å². The maximum atomic E-state index is 12.5. The Kier molecular flexibility index (Phi) is 5.37. The average Bonchev–Trinajstić information content (AvgIpc) is 3.21. The number of nitrogens with zero attached hydrogens (tertiary/aromatic N) is 2. The first-order valence-corrected chi connectivity index (χ1v) is 11.1. The van der Waals surface area contributed by atoms with Gasteiger partial charge in [-0.2, -0.15) is 0 Å². The summed E-state index contributed by atoms with van der Waals surface area (Å²) in [6, 6.07) is 12.9. The third-order valence-corrected chi connectivity index (χ3v) is 6.55. The molecule has 146 valence electrons. The second-order valence-electron chi connectivity index (χ2n) is 6.92. The molecule has 0 bridgehead atoms. The number of nitrogens with one attached hydrogen (secondary N) is 1. The molecule has 0 aliphatic heterocycles. The molecule has 0 unspecified atom stereocenters. The lowest BCUT2D eigenvalue weighted by molar-refractivity contribution is 0.367. The Balaban J connectivity index is 1.50. The van der Waals surface area contributed by atoms with Crippen LogP contribution in [0.2, 0.25) is 5.02 Å². The molecule has 28 heavy (non-hydrogen) atoms. The van der Waals surface area contributed by atoms with E-state index in [0.717, 1.165) is 12.8 Å². The van der Waals surface area contributed by atoms with Crippen molar-refractivity contribution in [2.24, 2.45) is 0 Å². The molecule has 0 radical (unpaired) electrons. The first kappa shape index (κ1) is 19.0. The molecule has 1 aliphatic rings. The third kappa shape index (κ3) is 4.20. The van der Waals surface area contributed by atoms with Crippen molar-refractivity contribution in [2.45, 2.75) is 42.9 Å². The SMILES string of the molecule is O=S(=O)(Nc1ccc(Cl)cc1)c1ccc(-c2nnc(C3CCCCC3)o2)cc1. The number of aromatic nitrogens is 2. The first-order valence-electron chi connectivity index (χ1n) is 9.23. The Bertz CT molecular complexity index is 1040. The standard InChI is InChI=1S/C20H20ClN3O3S/c21-16-8-10-17(11-9-16)24-28(25,26)18-12-6-15(7-13-18)20-23-22-19(27-20)14-4-2-1-3-5-14/h6-14,24H,1-5H2. The average molecular weight is 418 g/mol. The minimum atomic E-state index is -3.70. The van der Waals surface area contributed by atoms with Gasteiger partial charge < -0.3 is 4.42 Å². The van der Waals surface area contributed by atoms with Crippen LogP contribution in [0.1, 0.15) is 43.9 Å². The molecular formula is C20H20ClN3O3S.